The number of likely N-dealkylation sites (N-methyl/N-ethyl adjacent to an activating group) is 1. The number of rotatable bonds is 4. The first-order valence-electron chi connectivity index (χ1n) is 8.66. The minimum absolute atomic E-state index is 0.0558. The van der Waals surface area contributed by atoms with Gasteiger partial charge in [-0.15, -0.1) is 0 Å². The summed E-state index contributed by atoms with van der Waals surface area (Å²) in [4.78, 5) is 13.9. The standard InChI is InChI=1S/C18H27BrN2O4S/c1-18(2,3)25-17(22)21-11-5-6-16(12-21)20(4)26(23,24)13-14-7-9-15(19)10-8-14/h7-10,16H,5-6,11-13H2,1-4H3/t16-/m1/s1. The molecule has 2 rings (SSSR count). The zero-order valence-electron chi connectivity index (χ0n) is 15.7. The number of amides is 1. The Balaban J connectivity index is 2.04. The first-order valence-corrected chi connectivity index (χ1v) is 11.1. The van der Waals surface area contributed by atoms with Crippen LogP contribution in [0.25, 0.3) is 0 Å². The van der Waals surface area contributed by atoms with E-state index in [0.29, 0.717) is 13.1 Å². The molecule has 1 amide bonds. The fraction of sp³-hybridized carbons (Fsp3) is 0.611. The normalized spacial score (nSPS) is 18.8. The van der Waals surface area contributed by atoms with Gasteiger partial charge >= 0.3 is 6.09 Å². The minimum Gasteiger partial charge on any atom is -0.444 e. The van der Waals surface area contributed by atoms with Gasteiger partial charge in [0.25, 0.3) is 0 Å². The van der Waals surface area contributed by atoms with E-state index in [1.165, 1.54) is 4.31 Å². The summed E-state index contributed by atoms with van der Waals surface area (Å²) in [6.07, 6.45) is 1.10. The van der Waals surface area contributed by atoms with Crippen molar-refractivity contribution in [2.75, 3.05) is 20.1 Å². The summed E-state index contributed by atoms with van der Waals surface area (Å²) in [5.41, 5.74) is 0.170. The van der Waals surface area contributed by atoms with Crippen LogP contribution in [0.3, 0.4) is 0 Å². The van der Waals surface area contributed by atoms with Crippen molar-refractivity contribution in [3.63, 3.8) is 0 Å². The maximum absolute atomic E-state index is 12.8. The highest BCUT2D eigenvalue weighted by atomic mass is 79.9. The van der Waals surface area contributed by atoms with Gasteiger partial charge in [-0.1, -0.05) is 28.1 Å². The van der Waals surface area contributed by atoms with Crippen molar-refractivity contribution in [1.29, 1.82) is 0 Å². The maximum atomic E-state index is 12.8. The smallest absolute Gasteiger partial charge is 0.410 e. The van der Waals surface area contributed by atoms with Crippen LogP contribution in [0.1, 0.15) is 39.2 Å². The van der Waals surface area contributed by atoms with Gasteiger partial charge in [0.05, 0.1) is 5.75 Å². The maximum Gasteiger partial charge on any atom is 0.410 e. The number of ether oxygens (including phenoxy) is 1. The number of halogens is 1. The molecular formula is C18H27BrN2O4S. The van der Waals surface area contributed by atoms with E-state index >= 15 is 0 Å². The first kappa shape index (κ1) is 21.2. The van der Waals surface area contributed by atoms with Crippen LogP contribution in [0.15, 0.2) is 28.7 Å². The highest BCUT2D eigenvalue weighted by Crippen LogP contribution is 2.22. The van der Waals surface area contributed by atoms with Crippen molar-refractivity contribution in [3.8, 4) is 0 Å². The lowest BCUT2D eigenvalue weighted by molar-refractivity contribution is 0.0163. The molecule has 1 aromatic carbocycles. The number of hydrogen-bond donors (Lipinski definition) is 0. The van der Waals surface area contributed by atoms with Crippen LogP contribution in [-0.2, 0) is 20.5 Å². The quantitative estimate of drug-likeness (QED) is 0.708. The summed E-state index contributed by atoms with van der Waals surface area (Å²) in [6, 6.07) is 7.01. The number of carbonyl (C=O) groups excluding carboxylic acids is 1. The summed E-state index contributed by atoms with van der Waals surface area (Å²) >= 11 is 3.35. The number of sulfonamides is 1. The van der Waals surface area contributed by atoms with Gasteiger partial charge in [0.1, 0.15) is 5.60 Å². The van der Waals surface area contributed by atoms with Crippen LogP contribution in [0.2, 0.25) is 0 Å². The second kappa shape index (κ2) is 8.27. The van der Waals surface area contributed by atoms with Crippen LogP contribution < -0.4 is 0 Å². The topological polar surface area (TPSA) is 66.9 Å². The zero-order valence-corrected chi connectivity index (χ0v) is 18.1. The lowest BCUT2D eigenvalue weighted by Gasteiger charge is -2.37. The summed E-state index contributed by atoms with van der Waals surface area (Å²) in [7, 11) is -1.88. The average Bonchev–Trinajstić information content (AvgIpc) is 2.54. The molecule has 146 valence electrons. The Morgan fingerprint density at radius 1 is 1.31 bits per heavy atom. The van der Waals surface area contributed by atoms with E-state index in [9.17, 15) is 13.2 Å². The fourth-order valence-electron chi connectivity index (χ4n) is 2.86. The molecule has 1 aliphatic rings. The van der Waals surface area contributed by atoms with Crippen molar-refractivity contribution in [2.45, 2.75) is 51.0 Å². The molecule has 1 atom stereocenters. The molecule has 0 bridgehead atoms. The Morgan fingerprint density at radius 3 is 2.50 bits per heavy atom. The summed E-state index contributed by atoms with van der Waals surface area (Å²) in [6.45, 7) is 6.40. The summed E-state index contributed by atoms with van der Waals surface area (Å²) in [5.74, 6) is -0.0558. The van der Waals surface area contributed by atoms with Crippen LogP contribution in [0, 0.1) is 0 Å². The summed E-state index contributed by atoms with van der Waals surface area (Å²) < 4.78 is 33.3. The average molecular weight is 447 g/mol. The molecule has 1 aliphatic heterocycles. The molecule has 1 fully saturated rings. The Labute approximate surface area is 164 Å². The predicted molar refractivity (Wildman–Crippen MR) is 105 cm³/mol. The third kappa shape index (κ3) is 5.96. The first-order chi connectivity index (χ1) is 12.0. The van der Waals surface area contributed by atoms with Crippen molar-refractivity contribution < 1.29 is 17.9 Å². The van der Waals surface area contributed by atoms with E-state index in [1.807, 2.05) is 32.9 Å². The number of benzene rings is 1. The van der Waals surface area contributed by atoms with Gasteiger partial charge in [0, 0.05) is 30.7 Å². The van der Waals surface area contributed by atoms with Gasteiger partial charge in [0.15, 0.2) is 0 Å². The van der Waals surface area contributed by atoms with E-state index in [4.69, 9.17) is 4.74 Å². The molecule has 8 heteroatoms. The van der Waals surface area contributed by atoms with Crippen LogP contribution in [0.4, 0.5) is 4.79 Å². The lowest BCUT2D eigenvalue weighted by atomic mass is 10.1. The van der Waals surface area contributed by atoms with E-state index < -0.39 is 15.6 Å². The SMILES string of the molecule is CN([C@@H]1CCCN(C(=O)OC(C)(C)C)C1)S(=O)(=O)Cc1ccc(Br)cc1. The van der Waals surface area contributed by atoms with Gasteiger partial charge in [0.2, 0.25) is 10.0 Å². The molecule has 0 aromatic heterocycles. The Morgan fingerprint density at radius 2 is 1.92 bits per heavy atom. The second-order valence-corrected chi connectivity index (χ2v) is 10.6. The molecule has 0 unspecified atom stereocenters. The second-order valence-electron chi connectivity index (χ2n) is 7.62. The van der Waals surface area contributed by atoms with Crippen LogP contribution in [-0.4, -0.2) is 55.5 Å². The van der Waals surface area contributed by atoms with E-state index in [-0.39, 0.29) is 17.9 Å². The molecule has 0 N–H and O–H groups in total. The van der Waals surface area contributed by atoms with Gasteiger partial charge in [-0.3, -0.25) is 0 Å². The molecule has 0 saturated carbocycles. The zero-order chi connectivity index (χ0) is 19.5. The molecule has 0 spiro atoms. The fourth-order valence-corrected chi connectivity index (χ4v) is 4.57. The molecule has 6 nitrogen and oxygen atoms in total. The Kier molecular flexibility index (Phi) is 6.74. The Bertz CT molecular complexity index is 729. The Hall–Kier alpha value is -1.12. The third-order valence-corrected chi connectivity index (χ3v) is 6.67. The molecule has 1 heterocycles. The monoisotopic (exact) mass is 446 g/mol. The van der Waals surface area contributed by atoms with E-state index in [2.05, 4.69) is 15.9 Å². The number of nitrogens with zero attached hydrogens (tertiary/aromatic N) is 2. The molecule has 1 saturated heterocycles. The molecule has 0 radical (unpaired) electrons. The number of likely N-dealkylation sites (tertiary alicyclic amines) is 1. The van der Waals surface area contributed by atoms with Crippen LogP contribution in [0.5, 0.6) is 0 Å². The van der Waals surface area contributed by atoms with Gasteiger partial charge in [-0.2, -0.15) is 4.31 Å². The van der Waals surface area contributed by atoms with Crippen LogP contribution >= 0.6 is 15.9 Å². The van der Waals surface area contributed by atoms with Crippen molar-refractivity contribution in [2.24, 2.45) is 0 Å². The van der Waals surface area contributed by atoms with Gasteiger partial charge in [-0.05, 0) is 51.3 Å². The highest BCUT2D eigenvalue weighted by Gasteiger charge is 2.33. The minimum atomic E-state index is -3.47. The third-order valence-electron chi connectivity index (χ3n) is 4.26. The molecular weight excluding hydrogens is 420 g/mol. The van der Waals surface area contributed by atoms with Gasteiger partial charge in [-0.25, -0.2) is 13.2 Å². The van der Waals surface area contributed by atoms with Gasteiger partial charge < -0.3 is 9.64 Å². The van der Waals surface area contributed by atoms with E-state index in [0.717, 1.165) is 22.9 Å². The predicted octanol–water partition coefficient (Wildman–Crippen LogP) is 3.61. The highest BCUT2D eigenvalue weighted by molar-refractivity contribution is 9.10. The molecule has 0 aliphatic carbocycles. The van der Waals surface area contributed by atoms with Crippen molar-refractivity contribution >= 4 is 32.0 Å². The number of carbonyl (C=O) groups is 1. The largest absolute Gasteiger partial charge is 0.444 e. The summed E-state index contributed by atoms with van der Waals surface area (Å²) in [5, 5.41) is 0. The van der Waals surface area contributed by atoms with Crippen molar-refractivity contribution in [1.82, 2.24) is 9.21 Å². The number of piperidine rings is 1. The molecule has 1 aromatic rings. The van der Waals surface area contributed by atoms with E-state index in [1.54, 1.807) is 24.1 Å². The molecule has 26 heavy (non-hydrogen) atoms. The lowest BCUT2D eigenvalue weighted by Crippen LogP contribution is -2.51. The van der Waals surface area contributed by atoms with Crippen molar-refractivity contribution in [3.05, 3.63) is 34.3 Å². The number of hydrogen-bond acceptors (Lipinski definition) is 4.